The number of nitrogens with zero attached hydrogens (tertiary/aromatic N) is 6. The summed E-state index contributed by atoms with van der Waals surface area (Å²) in [6.45, 7) is 3.71. The summed E-state index contributed by atoms with van der Waals surface area (Å²) in [7, 11) is 0. The normalized spacial score (nSPS) is 15.2. The molecule has 0 saturated carbocycles. The number of aromatic nitrogens is 3. The van der Waals surface area contributed by atoms with Crippen LogP contribution in [-0.2, 0) is 17.9 Å². The van der Waals surface area contributed by atoms with Gasteiger partial charge in [-0.25, -0.2) is 9.48 Å². The molecule has 0 atom stereocenters. The fraction of sp³-hybridized carbons (Fsp3) is 0.333. The van der Waals surface area contributed by atoms with Gasteiger partial charge in [0.1, 0.15) is 6.54 Å². The number of benzene rings is 1. The first-order valence-electron chi connectivity index (χ1n) is 9.67. The lowest BCUT2D eigenvalue weighted by Crippen LogP contribution is -2.39. The van der Waals surface area contributed by atoms with Gasteiger partial charge in [0.05, 0.1) is 11.6 Å². The predicted octanol–water partition coefficient (Wildman–Crippen LogP) is 1.10. The first-order chi connectivity index (χ1) is 14.1. The van der Waals surface area contributed by atoms with E-state index in [1.54, 1.807) is 18.3 Å². The lowest BCUT2D eigenvalue weighted by Gasteiger charge is -2.22. The lowest BCUT2D eigenvalue weighted by atomic mass is 10.1. The van der Waals surface area contributed by atoms with Crippen LogP contribution in [0.4, 0.5) is 0 Å². The van der Waals surface area contributed by atoms with Crippen LogP contribution in [0.3, 0.4) is 0 Å². The quantitative estimate of drug-likeness (QED) is 0.666. The first kappa shape index (κ1) is 18.9. The molecular weight excluding hydrogens is 368 g/mol. The average molecular weight is 390 g/mol. The molecule has 3 aromatic rings. The Morgan fingerprint density at radius 1 is 1.07 bits per heavy atom. The van der Waals surface area contributed by atoms with Crippen molar-refractivity contribution in [3.8, 4) is 6.07 Å². The Hall–Kier alpha value is -3.44. The lowest BCUT2D eigenvalue weighted by molar-refractivity contribution is -0.132. The highest BCUT2D eigenvalue weighted by atomic mass is 16.2. The second-order valence-corrected chi connectivity index (χ2v) is 7.19. The van der Waals surface area contributed by atoms with Crippen LogP contribution < -0.4 is 5.69 Å². The number of hydrogen-bond donors (Lipinski definition) is 0. The van der Waals surface area contributed by atoms with Crippen molar-refractivity contribution < 1.29 is 4.79 Å². The van der Waals surface area contributed by atoms with Gasteiger partial charge in [0.2, 0.25) is 5.91 Å². The largest absolute Gasteiger partial charge is 0.350 e. The summed E-state index contributed by atoms with van der Waals surface area (Å²) in [6.07, 6.45) is 2.53. The van der Waals surface area contributed by atoms with Crippen molar-refractivity contribution in [1.29, 1.82) is 5.26 Å². The molecule has 0 radical (unpaired) electrons. The molecule has 1 amide bonds. The summed E-state index contributed by atoms with van der Waals surface area (Å²) in [6, 6.07) is 15.1. The van der Waals surface area contributed by atoms with E-state index in [4.69, 9.17) is 5.26 Å². The van der Waals surface area contributed by atoms with E-state index in [2.05, 4.69) is 16.1 Å². The standard InChI is InChI=1S/C21H22N6O2/c22-14-17-5-7-18(8-6-17)15-24-9-3-10-25(13-12-24)20(28)16-27-21(29)26-11-2-1-4-19(26)23-27/h1-2,4-8,11H,3,9-10,12-13,15-16H2. The van der Waals surface area contributed by atoms with Crippen LogP contribution in [0, 0.1) is 11.3 Å². The second-order valence-electron chi connectivity index (χ2n) is 7.19. The van der Waals surface area contributed by atoms with Crippen LogP contribution in [-0.4, -0.2) is 56.1 Å². The fourth-order valence-corrected chi connectivity index (χ4v) is 3.62. The molecule has 8 heteroatoms. The zero-order valence-electron chi connectivity index (χ0n) is 16.1. The molecular formula is C21H22N6O2. The smallest absolute Gasteiger partial charge is 0.340 e. The molecule has 148 valence electrons. The van der Waals surface area contributed by atoms with E-state index in [0.29, 0.717) is 24.3 Å². The molecule has 0 aliphatic carbocycles. The van der Waals surface area contributed by atoms with Gasteiger partial charge in [-0.3, -0.25) is 14.1 Å². The van der Waals surface area contributed by atoms with Gasteiger partial charge in [0.15, 0.2) is 5.65 Å². The number of amides is 1. The topological polar surface area (TPSA) is 86.6 Å². The maximum atomic E-state index is 12.8. The van der Waals surface area contributed by atoms with Crippen LogP contribution in [0.5, 0.6) is 0 Å². The maximum absolute atomic E-state index is 12.8. The summed E-state index contributed by atoms with van der Waals surface area (Å²) >= 11 is 0. The van der Waals surface area contributed by atoms with E-state index in [9.17, 15) is 9.59 Å². The minimum absolute atomic E-state index is 0.0455. The van der Waals surface area contributed by atoms with Crippen LogP contribution in [0.1, 0.15) is 17.5 Å². The molecule has 4 rings (SSSR count). The van der Waals surface area contributed by atoms with Crippen LogP contribution >= 0.6 is 0 Å². The van der Waals surface area contributed by atoms with Crippen LogP contribution in [0.15, 0.2) is 53.5 Å². The molecule has 0 bridgehead atoms. The van der Waals surface area contributed by atoms with Crippen molar-refractivity contribution in [1.82, 2.24) is 24.0 Å². The Morgan fingerprint density at radius 3 is 2.66 bits per heavy atom. The molecule has 1 aliphatic heterocycles. The van der Waals surface area contributed by atoms with E-state index in [1.807, 2.05) is 35.2 Å². The third-order valence-corrected chi connectivity index (χ3v) is 5.20. The average Bonchev–Trinajstić information content (AvgIpc) is 2.91. The molecule has 2 aromatic heterocycles. The summed E-state index contributed by atoms with van der Waals surface area (Å²) in [4.78, 5) is 29.3. The number of nitriles is 1. The van der Waals surface area contributed by atoms with Gasteiger partial charge in [0.25, 0.3) is 0 Å². The maximum Gasteiger partial charge on any atom is 0.350 e. The number of hydrogen-bond acceptors (Lipinski definition) is 5. The zero-order chi connectivity index (χ0) is 20.2. The van der Waals surface area contributed by atoms with E-state index < -0.39 is 0 Å². The molecule has 1 aromatic carbocycles. The minimum atomic E-state index is -0.300. The highest BCUT2D eigenvalue weighted by Gasteiger charge is 2.21. The zero-order valence-corrected chi connectivity index (χ0v) is 16.1. The van der Waals surface area contributed by atoms with Crippen molar-refractivity contribution in [2.75, 3.05) is 26.2 Å². The number of rotatable bonds is 4. The predicted molar refractivity (Wildman–Crippen MR) is 107 cm³/mol. The monoisotopic (exact) mass is 390 g/mol. The molecule has 0 spiro atoms. The number of carbonyl (C=O) groups excluding carboxylic acids is 1. The van der Waals surface area contributed by atoms with Crippen molar-refractivity contribution in [2.45, 2.75) is 19.5 Å². The summed E-state index contributed by atoms with van der Waals surface area (Å²) in [5, 5.41) is 13.1. The molecule has 1 saturated heterocycles. The number of pyridine rings is 1. The number of fused-ring (bicyclic) bond motifs is 1. The van der Waals surface area contributed by atoms with Crippen LogP contribution in [0.2, 0.25) is 0 Å². The van der Waals surface area contributed by atoms with E-state index in [-0.39, 0.29) is 18.1 Å². The third kappa shape index (κ3) is 4.20. The summed E-state index contributed by atoms with van der Waals surface area (Å²) < 4.78 is 2.67. The van der Waals surface area contributed by atoms with Crippen molar-refractivity contribution in [3.63, 3.8) is 0 Å². The van der Waals surface area contributed by atoms with E-state index >= 15 is 0 Å². The van der Waals surface area contributed by atoms with Gasteiger partial charge in [0, 0.05) is 38.9 Å². The van der Waals surface area contributed by atoms with E-state index in [1.165, 1.54) is 9.08 Å². The fourth-order valence-electron chi connectivity index (χ4n) is 3.62. The Bertz CT molecular complexity index is 1110. The second kappa shape index (κ2) is 8.29. The Labute approximate surface area is 168 Å². The highest BCUT2D eigenvalue weighted by Crippen LogP contribution is 2.11. The van der Waals surface area contributed by atoms with Crippen molar-refractivity contribution in [2.24, 2.45) is 0 Å². The Morgan fingerprint density at radius 2 is 1.90 bits per heavy atom. The minimum Gasteiger partial charge on any atom is -0.340 e. The molecule has 1 fully saturated rings. The van der Waals surface area contributed by atoms with Crippen molar-refractivity contribution in [3.05, 3.63) is 70.3 Å². The van der Waals surface area contributed by atoms with Gasteiger partial charge in [-0.05, 0) is 36.2 Å². The molecule has 29 heavy (non-hydrogen) atoms. The molecule has 0 N–H and O–H groups in total. The van der Waals surface area contributed by atoms with E-state index in [0.717, 1.165) is 31.6 Å². The molecule has 1 aliphatic rings. The van der Waals surface area contributed by atoms with Crippen molar-refractivity contribution >= 4 is 11.6 Å². The SMILES string of the molecule is N#Cc1ccc(CN2CCCN(C(=O)Cn3nc4ccccn4c3=O)CC2)cc1. The van der Waals surface area contributed by atoms with Gasteiger partial charge < -0.3 is 4.90 Å². The Kier molecular flexibility index (Phi) is 5.40. The van der Waals surface area contributed by atoms with Gasteiger partial charge in [-0.2, -0.15) is 5.26 Å². The third-order valence-electron chi connectivity index (χ3n) is 5.20. The molecule has 3 heterocycles. The van der Waals surface area contributed by atoms with Crippen LogP contribution in [0.25, 0.3) is 5.65 Å². The molecule has 8 nitrogen and oxygen atoms in total. The highest BCUT2D eigenvalue weighted by molar-refractivity contribution is 5.76. The summed E-state index contributed by atoms with van der Waals surface area (Å²) in [5.74, 6) is -0.0873. The van der Waals surface area contributed by atoms with Gasteiger partial charge >= 0.3 is 5.69 Å². The summed E-state index contributed by atoms with van der Waals surface area (Å²) in [5.41, 5.74) is 2.05. The first-order valence-corrected chi connectivity index (χ1v) is 9.67. The van der Waals surface area contributed by atoms with Gasteiger partial charge in [-0.1, -0.05) is 18.2 Å². The Balaban J connectivity index is 1.37. The van der Waals surface area contributed by atoms with Gasteiger partial charge in [-0.15, -0.1) is 5.10 Å². The number of carbonyl (C=O) groups is 1. The molecule has 0 unspecified atom stereocenters.